The van der Waals surface area contributed by atoms with E-state index in [9.17, 15) is 26.4 Å². The van der Waals surface area contributed by atoms with Crippen molar-refractivity contribution in [2.75, 3.05) is 7.05 Å². The molecule has 1 aromatic rings. The molecule has 0 spiro atoms. The summed E-state index contributed by atoms with van der Waals surface area (Å²) in [5.41, 5.74) is 0.591. The van der Waals surface area contributed by atoms with E-state index >= 15 is 0 Å². The molecule has 0 N–H and O–H groups in total. The van der Waals surface area contributed by atoms with Gasteiger partial charge in [0.25, 0.3) is 9.05 Å². The van der Waals surface area contributed by atoms with E-state index in [0.717, 1.165) is 7.05 Å². The molecular formula is C12H13ClF3NO3S. The molecule has 0 bridgehead atoms. The molecule has 0 radical (unpaired) electrons. The van der Waals surface area contributed by atoms with Crippen LogP contribution in [0.1, 0.15) is 12.5 Å². The smallest absolute Gasteiger partial charge is 0.335 e. The lowest BCUT2D eigenvalue weighted by Crippen LogP contribution is -2.44. The van der Waals surface area contributed by atoms with Crippen LogP contribution in [0.15, 0.2) is 29.2 Å². The molecule has 0 aliphatic heterocycles. The summed E-state index contributed by atoms with van der Waals surface area (Å²) in [7, 11) is 2.38. The number of benzene rings is 1. The molecule has 4 nitrogen and oxygen atoms in total. The highest BCUT2D eigenvalue weighted by molar-refractivity contribution is 8.13. The summed E-state index contributed by atoms with van der Waals surface area (Å²) in [4.78, 5) is 11.6. The Balaban J connectivity index is 2.80. The largest absolute Gasteiger partial charge is 0.471 e. The monoisotopic (exact) mass is 343 g/mol. The van der Waals surface area contributed by atoms with E-state index < -0.39 is 27.2 Å². The molecule has 0 aliphatic rings. The lowest BCUT2D eigenvalue weighted by molar-refractivity contribution is -0.185. The van der Waals surface area contributed by atoms with Gasteiger partial charge in [-0.25, -0.2) is 8.42 Å². The Hall–Kier alpha value is -1.28. The highest BCUT2D eigenvalue weighted by Gasteiger charge is 2.42. The number of alkyl halides is 3. The van der Waals surface area contributed by atoms with Gasteiger partial charge in [0.15, 0.2) is 0 Å². The summed E-state index contributed by atoms with van der Waals surface area (Å²) >= 11 is 0. The van der Waals surface area contributed by atoms with E-state index in [1.165, 1.54) is 31.2 Å². The van der Waals surface area contributed by atoms with E-state index in [1.54, 1.807) is 0 Å². The third-order valence-electron chi connectivity index (χ3n) is 2.96. The summed E-state index contributed by atoms with van der Waals surface area (Å²) in [5, 5.41) is 0. The molecule has 1 amide bonds. The Morgan fingerprint density at radius 2 is 1.76 bits per heavy atom. The Bertz CT molecular complexity index is 614. The Kier molecular flexibility index (Phi) is 5.27. The third-order valence-corrected chi connectivity index (χ3v) is 4.33. The summed E-state index contributed by atoms with van der Waals surface area (Å²) in [6.07, 6.45) is -4.76. The molecular weight excluding hydrogens is 331 g/mol. The quantitative estimate of drug-likeness (QED) is 0.790. The number of hydrogen-bond donors (Lipinski definition) is 0. The van der Waals surface area contributed by atoms with Crippen molar-refractivity contribution in [1.29, 1.82) is 0 Å². The van der Waals surface area contributed by atoms with Gasteiger partial charge in [-0.3, -0.25) is 4.79 Å². The minimum Gasteiger partial charge on any atom is -0.335 e. The van der Waals surface area contributed by atoms with Gasteiger partial charge in [-0.2, -0.15) is 13.2 Å². The van der Waals surface area contributed by atoms with Crippen LogP contribution in [0.4, 0.5) is 13.2 Å². The fraction of sp³-hybridized carbons (Fsp3) is 0.417. The fourth-order valence-corrected chi connectivity index (χ4v) is 2.44. The van der Waals surface area contributed by atoms with Crippen LogP contribution in [0.2, 0.25) is 0 Å². The van der Waals surface area contributed by atoms with Gasteiger partial charge in [-0.05, 0) is 31.0 Å². The molecule has 9 heteroatoms. The van der Waals surface area contributed by atoms with Crippen LogP contribution in [0.25, 0.3) is 0 Å². The zero-order chi connectivity index (χ0) is 16.4. The van der Waals surface area contributed by atoms with Crippen LogP contribution < -0.4 is 0 Å². The molecule has 21 heavy (non-hydrogen) atoms. The van der Waals surface area contributed by atoms with Crippen LogP contribution in [0.5, 0.6) is 0 Å². The molecule has 1 aromatic carbocycles. The Morgan fingerprint density at radius 3 is 2.14 bits per heavy atom. The second kappa shape index (κ2) is 6.23. The van der Waals surface area contributed by atoms with E-state index in [-0.39, 0.29) is 11.3 Å². The van der Waals surface area contributed by atoms with Crippen LogP contribution in [0.3, 0.4) is 0 Å². The van der Waals surface area contributed by atoms with E-state index in [4.69, 9.17) is 10.7 Å². The molecule has 0 unspecified atom stereocenters. The second-order valence-corrected chi connectivity index (χ2v) is 7.11. The maximum atomic E-state index is 12.3. The number of nitrogens with zero attached hydrogens (tertiary/aromatic N) is 1. The van der Waals surface area contributed by atoms with Crippen molar-refractivity contribution in [1.82, 2.24) is 4.90 Å². The van der Waals surface area contributed by atoms with Crippen molar-refractivity contribution in [3.8, 4) is 0 Å². The molecule has 0 saturated carbocycles. The topological polar surface area (TPSA) is 54.5 Å². The van der Waals surface area contributed by atoms with E-state index in [2.05, 4.69) is 0 Å². The standard InChI is InChI=1S/C12H13ClF3NO3S/c1-8(17(2)11(18)12(14,15)16)7-9-3-5-10(6-4-9)21(13,19)20/h3-6,8H,7H2,1-2H3/t8-/m0/s1. The van der Waals surface area contributed by atoms with Crippen molar-refractivity contribution >= 4 is 25.6 Å². The van der Waals surface area contributed by atoms with Gasteiger partial charge >= 0.3 is 12.1 Å². The minimum atomic E-state index is -4.92. The number of carbonyl (C=O) groups excluding carboxylic acids is 1. The fourth-order valence-electron chi connectivity index (χ4n) is 1.67. The van der Waals surface area contributed by atoms with Gasteiger partial charge in [-0.1, -0.05) is 12.1 Å². The first kappa shape index (κ1) is 17.8. The zero-order valence-electron chi connectivity index (χ0n) is 11.2. The molecule has 118 valence electrons. The van der Waals surface area contributed by atoms with Crippen molar-refractivity contribution in [2.24, 2.45) is 0 Å². The normalized spacial score (nSPS) is 13.8. The van der Waals surface area contributed by atoms with Gasteiger partial charge in [0.05, 0.1) is 4.90 Å². The van der Waals surface area contributed by atoms with E-state index in [0.29, 0.717) is 10.5 Å². The molecule has 0 aromatic heterocycles. The molecule has 0 fully saturated rings. The summed E-state index contributed by atoms with van der Waals surface area (Å²) in [5.74, 6) is -1.92. The Morgan fingerprint density at radius 1 is 1.29 bits per heavy atom. The number of carbonyl (C=O) groups is 1. The molecule has 0 saturated heterocycles. The Labute approximate surface area is 124 Å². The van der Waals surface area contributed by atoms with Gasteiger partial charge in [-0.15, -0.1) is 0 Å². The van der Waals surface area contributed by atoms with Crippen LogP contribution in [-0.2, 0) is 20.3 Å². The summed E-state index contributed by atoms with van der Waals surface area (Å²) in [6, 6.07) is 4.71. The first-order valence-electron chi connectivity index (χ1n) is 5.80. The third kappa shape index (κ3) is 4.89. The summed E-state index contributed by atoms with van der Waals surface area (Å²) in [6.45, 7) is 1.47. The maximum absolute atomic E-state index is 12.3. The molecule has 0 heterocycles. The number of amides is 1. The number of likely N-dealkylation sites (N-methyl/N-ethyl adjacent to an activating group) is 1. The van der Waals surface area contributed by atoms with Crippen molar-refractivity contribution in [3.63, 3.8) is 0 Å². The predicted molar refractivity (Wildman–Crippen MR) is 71.5 cm³/mol. The predicted octanol–water partition coefficient (Wildman–Crippen LogP) is 2.57. The molecule has 0 aliphatic carbocycles. The summed E-state index contributed by atoms with van der Waals surface area (Å²) < 4.78 is 59.1. The van der Waals surface area contributed by atoms with E-state index in [1.807, 2.05) is 0 Å². The molecule has 1 rings (SSSR count). The molecule has 1 atom stereocenters. The highest BCUT2D eigenvalue weighted by Crippen LogP contribution is 2.21. The highest BCUT2D eigenvalue weighted by atomic mass is 35.7. The van der Waals surface area contributed by atoms with Gasteiger partial charge < -0.3 is 4.90 Å². The van der Waals surface area contributed by atoms with Gasteiger partial charge in [0.2, 0.25) is 0 Å². The minimum absolute atomic E-state index is 0.0970. The second-order valence-electron chi connectivity index (χ2n) is 4.55. The van der Waals surface area contributed by atoms with Crippen molar-refractivity contribution in [2.45, 2.75) is 30.5 Å². The first-order chi connectivity index (χ1) is 9.43. The van der Waals surface area contributed by atoms with Crippen LogP contribution >= 0.6 is 10.7 Å². The maximum Gasteiger partial charge on any atom is 0.471 e. The number of halogens is 4. The first-order valence-corrected chi connectivity index (χ1v) is 8.11. The lowest BCUT2D eigenvalue weighted by atomic mass is 10.1. The average molecular weight is 344 g/mol. The lowest BCUT2D eigenvalue weighted by Gasteiger charge is -2.25. The zero-order valence-corrected chi connectivity index (χ0v) is 12.8. The average Bonchev–Trinajstić information content (AvgIpc) is 2.35. The van der Waals surface area contributed by atoms with Gasteiger partial charge in [0.1, 0.15) is 0 Å². The number of hydrogen-bond acceptors (Lipinski definition) is 3. The van der Waals surface area contributed by atoms with Gasteiger partial charge in [0, 0.05) is 23.8 Å². The SMILES string of the molecule is C[C@@H](Cc1ccc(S(=O)(=O)Cl)cc1)N(C)C(=O)C(F)(F)F. The van der Waals surface area contributed by atoms with Crippen molar-refractivity contribution < 1.29 is 26.4 Å². The van der Waals surface area contributed by atoms with Crippen molar-refractivity contribution in [3.05, 3.63) is 29.8 Å². The number of rotatable bonds is 4. The van der Waals surface area contributed by atoms with Crippen LogP contribution in [-0.4, -0.2) is 38.5 Å². The van der Waals surface area contributed by atoms with Crippen LogP contribution in [0, 0.1) is 0 Å².